The third-order valence-electron chi connectivity index (χ3n) is 4.24. The number of rotatable bonds is 5. The number of morpholine rings is 1. The lowest BCUT2D eigenvalue weighted by atomic mass is 10.2. The van der Waals surface area contributed by atoms with E-state index in [1.807, 2.05) is 6.92 Å². The number of amides is 2. The number of hydrogen-bond acceptors (Lipinski definition) is 5. The highest BCUT2D eigenvalue weighted by molar-refractivity contribution is 6.08. The monoisotopic (exact) mass is 358 g/mol. The van der Waals surface area contributed by atoms with E-state index in [4.69, 9.17) is 9.47 Å². The fraction of sp³-hybridized carbons (Fsp3) is 0.389. The van der Waals surface area contributed by atoms with Crippen LogP contribution in [0.4, 0.5) is 5.69 Å². The molecule has 0 aliphatic carbocycles. The number of aromatic nitrogens is 2. The quantitative estimate of drug-likeness (QED) is 0.878. The highest BCUT2D eigenvalue weighted by atomic mass is 16.5. The van der Waals surface area contributed by atoms with E-state index < -0.39 is 0 Å². The van der Waals surface area contributed by atoms with Gasteiger partial charge in [-0.15, -0.1) is 0 Å². The summed E-state index contributed by atoms with van der Waals surface area (Å²) in [5.74, 6) is 0.209. The first-order valence-electron chi connectivity index (χ1n) is 8.52. The molecule has 0 bridgehead atoms. The summed E-state index contributed by atoms with van der Waals surface area (Å²) < 4.78 is 12.0. The van der Waals surface area contributed by atoms with Crippen LogP contribution < -0.4 is 10.1 Å². The van der Waals surface area contributed by atoms with Gasteiger partial charge < -0.3 is 19.7 Å². The molecule has 8 heteroatoms. The second kappa shape index (κ2) is 8.01. The van der Waals surface area contributed by atoms with Crippen molar-refractivity contribution >= 4 is 17.5 Å². The number of aryl methyl sites for hydroxylation is 1. The Balaban J connectivity index is 1.82. The number of anilines is 1. The van der Waals surface area contributed by atoms with Crippen LogP contribution >= 0.6 is 0 Å². The van der Waals surface area contributed by atoms with Gasteiger partial charge in [0, 0.05) is 25.2 Å². The lowest BCUT2D eigenvalue weighted by Gasteiger charge is -2.27. The zero-order valence-corrected chi connectivity index (χ0v) is 14.9. The van der Waals surface area contributed by atoms with E-state index in [2.05, 4.69) is 10.4 Å². The van der Waals surface area contributed by atoms with E-state index in [-0.39, 0.29) is 11.8 Å². The maximum atomic E-state index is 12.9. The van der Waals surface area contributed by atoms with Crippen LogP contribution in [0.3, 0.4) is 0 Å². The van der Waals surface area contributed by atoms with Crippen molar-refractivity contribution in [1.29, 1.82) is 0 Å². The van der Waals surface area contributed by atoms with Crippen LogP contribution in [0.15, 0.2) is 30.5 Å². The molecule has 2 aromatic rings. The average Bonchev–Trinajstić information content (AvgIpc) is 3.10. The number of nitrogens with one attached hydrogen (secondary N) is 1. The van der Waals surface area contributed by atoms with Crippen LogP contribution in [-0.2, 0) is 11.3 Å². The molecule has 0 radical (unpaired) electrons. The van der Waals surface area contributed by atoms with Crippen LogP contribution in [0.25, 0.3) is 0 Å². The Morgan fingerprint density at radius 2 is 1.92 bits per heavy atom. The Labute approximate surface area is 151 Å². The van der Waals surface area contributed by atoms with Crippen molar-refractivity contribution in [3.63, 3.8) is 0 Å². The molecular formula is C18H22N4O4. The summed E-state index contributed by atoms with van der Waals surface area (Å²) in [7, 11) is 1.57. The van der Waals surface area contributed by atoms with Gasteiger partial charge in [-0.3, -0.25) is 14.3 Å². The van der Waals surface area contributed by atoms with Gasteiger partial charge in [0.2, 0.25) is 0 Å². The van der Waals surface area contributed by atoms with Gasteiger partial charge in [-0.1, -0.05) is 0 Å². The number of benzene rings is 1. The molecule has 1 aliphatic rings. The van der Waals surface area contributed by atoms with Crippen molar-refractivity contribution in [3.8, 4) is 5.75 Å². The Kier molecular flexibility index (Phi) is 5.52. The van der Waals surface area contributed by atoms with E-state index >= 15 is 0 Å². The second-order valence-corrected chi connectivity index (χ2v) is 5.81. The lowest BCUT2D eigenvalue weighted by Crippen LogP contribution is -2.41. The van der Waals surface area contributed by atoms with Gasteiger partial charge >= 0.3 is 0 Å². The molecule has 3 rings (SSSR count). The van der Waals surface area contributed by atoms with E-state index in [0.717, 1.165) is 0 Å². The molecule has 0 atom stereocenters. The average molecular weight is 358 g/mol. The molecule has 1 aromatic heterocycles. The van der Waals surface area contributed by atoms with Gasteiger partial charge in [0.25, 0.3) is 11.8 Å². The topological polar surface area (TPSA) is 85.7 Å². The molecule has 138 valence electrons. The Bertz CT molecular complexity index is 779. The van der Waals surface area contributed by atoms with Gasteiger partial charge in [-0.25, -0.2) is 0 Å². The highest BCUT2D eigenvalue weighted by Gasteiger charge is 2.26. The van der Waals surface area contributed by atoms with E-state index in [1.165, 1.54) is 6.20 Å². The highest BCUT2D eigenvalue weighted by Crippen LogP contribution is 2.20. The van der Waals surface area contributed by atoms with Crippen LogP contribution in [0.1, 0.15) is 27.8 Å². The first kappa shape index (κ1) is 17.9. The number of nitrogens with zero attached hydrogens (tertiary/aromatic N) is 3. The predicted molar refractivity (Wildman–Crippen MR) is 95.6 cm³/mol. The molecule has 2 amide bonds. The second-order valence-electron chi connectivity index (χ2n) is 5.81. The van der Waals surface area contributed by atoms with E-state index in [9.17, 15) is 9.59 Å². The van der Waals surface area contributed by atoms with E-state index in [0.29, 0.717) is 55.5 Å². The lowest BCUT2D eigenvalue weighted by molar-refractivity contribution is 0.0295. The summed E-state index contributed by atoms with van der Waals surface area (Å²) in [5.41, 5.74) is 1.26. The van der Waals surface area contributed by atoms with Crippen molar-refractivity contribution in [3.05, 3.63) is 41.7 Å². The summed E-state index contributed by atoms with van der Waals surface area (Å²) in [4.78, 5) is 27.2. The van der Waals surface area contributed by atoms with Crippen molar-refractivity contribution in [2.24, 2.45) is 0 Å². The number of carbonyl (C=O) groups is 2. The number of methoxy groups -OCH3 is 1. The first-order chi connectivity index (χ1) is 12.6. The normalized spacial score (nSPS) is 14.2. The van der Waals surface area contributed by atoms with Gasteiger partial charge in [0.1, 0.15) is 11.4 Å². The van der Waals surface area contributed by atoms with Gasteiger partial charge in [0.05, 0.1) is 32.2 Å². The number of ether oxygens (including phenoxy) is 2. The first-order valence-corrected chi connectivity index (χ1v) is 8.52. The fourth-order valence-electron chi connectivity index (χ4n) is 2.80. The minimum absolute atomic E-state index is 0.155. The summed E-state index contributed by atoms with van der Waals surface area (Å²) in [6.07, 6.45) is 1.51. The van der Waals surface area contributed by atoms with Gasteiger partial charge in [0.15, 0.2) is 0 Å². The molecule has 2 heterocycles. The molecule has 26 heavy (non-hydrogen) atoms. The number of carbonyl (C=O) groups excluding carboxylic acids is 2. The molecule has 1 N–H and O–H groups in total. The molecule has 1 saturated heterocycles. The third kappa shape index (κ3) is 3.70. The Hall–Kier alpha value is -2.87. The maximum absolute atomic E-state index is 12.9. The number of hydrogen-bond donors (Lipinski definition) is 1. The fourth-order valence-corrected chi connectivity index (χ4v) is 2.80. The van der Waals surface area contributed by atoms with Crippen molar-refractivity contribution in [2.45, 2.75) is 13.5 Å². The molecule has 0 saturated carbocycles. The minimum Gasteiger partial charge on any atom is -0.497 e. The molecule has 1 aliphatic heterocycles. The zero-order chi connectivity index (χ0) is 18.5. The van der Waals surface area contributed by atoms with Crippen LogP contribution in [-0.4, -0.2) is 59.9 Å². The molecule has 0 spiro atoms. The Morgan fingerprint density at radius 3 is 2.54 bits per heavy atom. The SMILES string of the molecule is CCn1ncc(NC(=O)c2ccc(OC)cc2)c1C(=O)N1CCOCC1. The molecule has 1 fully saturated rings. The Morgan fingerprint density at radius 1 is 1.23 bits per heavy atom. The van der Waals surface area contributed by atoms with Gasteiger partial charge in [-0.05, 0) is 31.2 Å². The minimum atomic E-state index is -0.306. The summed E-state index contributed by atoms with van der Waals surface area (Å²) >= 11 is 0. The summed E-state index contributed by atoms with van der Waals surface area (Å²) in [6.45, 7) is 4.51. The van der Waals surface area contributed by atoms with Crippen molar-refractivity contribution < 1.29 is 19.1 Å². The standard InChI is InChI=1S/C18H22N4O4/c1-3-22-16(18(24)21-8-10-26-11-9-21)15(12-19-22)20-17(23)13-4-6-14(25-2)7-5-13/h4-7,12H,3,8-11H2,1-2H3,(H,20,23). The molecular weight excluding hydrogens is 336 g/mol. The largest absolute Gasteiger partial charge is 0.497 e. The van der Waals surface area contributed by atoms with Crippen molar-refractivity contribution in [2.75, 3.05) is 38.7 Å². The maximum Gasteiger partial charge on any atom is 0.274 e. The zero-order valence-electron chi connectivity index (χ0n) is 14.9. The van der Waals surface area contributed by atoms with Crippen molar-refractivity contribution in [1.82, 2.24) is 14.7 Å². The van der Waals surface area contributed by atoms with E-state index in [1.54, 1.807) is 41.0 Å². The smallest absolute Gasteiger partial charge is 0.274 e. The molecule has 8 nitrogen and oxygen atoms in total. The van der Waals surface area contributed by atoms with Crippen LogP contribution in [0.2, 0.25) is 0 Å². The molecule has 0 unspecified atom stereocenters. The van der Waals surface area contributed by atoms with Crippen LogP contribution in [0, 0.1) is 0 Å². The predicted octanol–water partition coefficient (Wildman–Crippen LogP) is 1.64. The summed E-state index contributed by atoms with van der Waals surface area (Å²) in [5, 5.41) is 7.03. The van der Waals surface area contributed by atoms with Gasteiger partial charge in [-0.2, -0.15) is 5.10 Å². The molecule has 1 aromatic carbocycles. The summed E-state index contributed by atoms with van der Waals surface area (Å²) in [6, 6.07) is 6.76. The third-order valence-corrected chi connectivity index (χ3v) is 4.24. The van der Waals surface area contributed by atoms with Crippen LogP contribution in [0.5, 0.6) is 5.75 Å².